The van der Waals surface area contributed by atoms with Crippen molar-refractivity contribution in [3.63, 3.8) is 0 Å². The molecule has 2 aromatic rings. The lowest BCUT2D eigenvalue weighted by Crippen LogP contribution is -2.45. The molecule has 1 atom stereocenters. The highest BCUT2D eigenvalue weighted by Gasteiger charge is 2.29. The number of thioether (sulfide) groups is 1. The number of halogens is 1. The third kappa shape index (κ3) is 4.61. The van der Waals surface area contributed by atoms with E-state index in [-0.39, 0.29) is 17.0 Å². The molecule has 1 N–H and O–H groups in total. The highest BCUT2D eigenvalue weighted by Crippen LogP contribution is 2.37. The number of rotatable bonds is 5. The van der Waals surface area contributed by atoms with Crippen LogP contribution in [0.25, 0.3) is 0 Å². The van der Waals surface area contributed by atoms with Gasteiger partial charge >= 0.3 is 0 Å². The smallest absolute Gasteiger partial charge is 0.240 e. The fraction of sp³-hybridized carbons (Fsp3) is 0.350. The summed E-state index contributed by atoms with van der Waals surface area (Å²) < 4.78 is 13.2. The maximum atomic E-state index is 13.2. The SMILES string of the molecule is CNC1CCN(C(=O)C(Sc2ccc(F)cc2)c2ccccc2)CC1. The molecule has 0 aromatic heterocycles. The fourth-order valence-corrected chi connectivity index (χ4v) is 4.20. The van der Waals surface area contributed by atoms with Crippen LogP contribution >= 0.6 is 11.8 Å². The van der Waals surface area contributed by atoms with E-state index < -0.39 is 0 Å². The van der Waals surface area contributed by atoms with E-state index in [0.717, 1.165) is 36.4 Å². The van der Waals surface area contributed by atoms with Crippen LogP contribution in [0.2, 0.25) is 0 Å². The molecule has 2 aromatic carbocycles. The lowest BCUT2D eigenvalue weighted by molar-refractivity contribution is -0.131. The molecule has 1 unspecified atom stereocenters. The van der Waals surface area contributed by atoms with E-state index in [4.69, 9.17) is 0 Å². The Balaban J connectivity index is 1.79. The first-order valence-electron chi connectivity index (χ1n) is 8.60. The molecule has 1 fully saturated rings. The standard InChI is InChI=1S/C20H23FN2OS/c1-22-17-11-13-23(14-12-17)20(24)19(15-5-3-2-4-6-15)25-18-9-7-16(21)8-10-18/h2-10,17,19,22H,11-14H2,1H3. The Morgan fingerprint density at radius 2 is 1.76 bits per heavy atom. The molecule has 1 aliphatic heterocycles. The molecule has 1 saturated heterocycles. The summed E-state index contributed by atoms with van der Waals surface area (Å²) in [5.41, 5.74) is 0.984. The molecule has 0 bridgehead atoms. The van der Waals surface area contributed by atoms with Crippen LogP contribution in [0.1, 0.15) is 23.7 Å². The quantitative estimate of drug-likeness (QED) is 0.824. The van der Waals surface area contributed by atoms with Crippen molar-refractivity contribution in [1.29, 1.82) is 0 Å². The topological polar surface area (TPSA) is 32.3 Å². The number of carbonyl (C=O) groups is 1. The van der Waals surface area contributed by atoms with E-state index in [1.165, 1.54) is 23.9 Å². The Morgan fingerprint density at radius 1 is 1.12 bits per heavy atom. The van der Waals surface area contributed by atoms with Gasteiger partial charge in [0, 0.05) is 24.0 Å². The predicted octanol–water partition coefficient (Wildman–Crippen LogP) is 3.87. The van der Waals surface area contributed by atoms with E-state index >= 15 is 0 Å². The van der Waals surface area contributed by atoms with Gasteiger partial charge in [0.25, 0.3) is 0 Å². The Bertz CT molecular complexity index is 685. The zero-order valence-corrected chi connectivity index (χ0v) is 15.1. The highest BCUT2D eigenvalue weighted by atomic mass is 32.2. The largest absolute Gasteiger partial charge is 0.341 e. The van der Waals surface area contributed by atoms with Gasteiger partial charge in [-0.05, 0) is 49.7 Å². The molecule has 1 aliphatic rings. The minimum atomic E-state index is -0.308. The van der Waals surface area contributed by atoms with Crippen LogP contribution < -0.4 is 5.32 Å². The summed E-state index contributed by atoms with van der Waals surface area (Å²) in [5, 5.41) is 2.98. The molecular weight excluding hydrogens is 335 g/mol. The molecule has 3 rings (SSSR count). The zero-order valence-electron chi connectivity index (χ0n) is 14.3. The Morgan fingerprint density at radius 3 is 2.36 bits per heavy atom. The van der Waals surface area contributed by atoms with Gasteiger partial charge in [0.15, 0.2) is 0 Å². The van der Waals surface area contributed by atoms with Gasteiger partial charge in [-0.25, -0.2) is 4.39 Å². The van der Waals surface area contributed by atoms with E-state index in [9.17, 15) is 9.18 Å². The lowest BCUT2D eigenvalue weighted by Gasteiger charge is -2.34. The van der Waals surface area contributed by atoms with Gasteiger partial charge < -0.3 is 10.2 Å². The van der Waals surface area contributed by atoms with E-state index in [2.05, 4.69) is 5.32 Å². The van der Waals surface area contributed by atoms with Gasteiger partial charge in [0.05, 0.1) is 0 Å². The minimum Gasteiger partial charge on any atom is -0.341 e. The average Bonchev–Trinajstić information content (AvgIpc) is 2.68. The first-order chi connectivity index (χ1) is 12.2. The van der Waals surface area contributed by atoms with Crippen molar-refractivity contribution in [2.24, 2.45) is 0 Å². The van der Waals surface area contributed by atoms with Crippen molar-refractivity contribution in [1.82, 2.24) is 10.2 Å². The van der Waals surface area contributed by atoms with Crippen LogP contribution in [0, 0.1) is 5.82 Å². The second-order valence-corrected chi connectivity index (χ2v) is 7.43. The van der Waals surface area contributed by atoms with E-state index in [0.29, 0.717) is 6.04 Å². The van der Waals surface area contributed by atoms with Crippen LogP contribution in [0.5, 0.6) is 0 Å². The van der Waals surface area contributed by atoms with Crippen molar-refractivity contribution in [3.8, 4) is 0 Å². The number of piperidine rings is 1. The molecule has 0 saturated carbocycles. The van der Waals surface area contributed by atoms with Gasteiger partial charge in [-0.2, -0.15) is 0 Å². The van der Waals surface area contributed by atoms with Crippen molar-refractivity contribution < 1.29 is 9.18 Å². The molecule has 25 heavy (non-hydrogen) atoms. The normalized spacial score (nSPS) is 16.6. The maximum absolute atomic E-state index is 13.2. The van der Waals surface area contributed by atoms with Crippen LogP contribution in [-0.4, -0.2) is 37.0 Å². The van der Waals surface area contributed by atoms with Crippen molar-refractivity contribution in [2.75, 3.05) is 20.1 Å². The maximum Gasteiger partial charge on any atom is 0.240 e. The number of hydrogen-bond donors (Lipinski definition) is 1. The van der Waals surface area contributed by atoms with Crippen molar-refractivity contribution in [2.45, 2.75) is 29.0 Å². The summed E-state index contributed by atoms with van der Waals surface area (Å²) in [4.78, 5) is 16.0. The van der Waals surface area contributed by atoms with Crippen molar-refractivity contribution in [3.05, 3.63) is 66.0 Å². The van der Waals surface area contributed by atoms with Crippen LogP contribution in [0.4, 0.5) is 4.39 Å². The summed E-state index contributed by atoms with van der Waals surface area (Å²) in [6.45, 7) is 1.55. The van der Waals surface area contributed by atoms with Gasteiger partial charge in [-0.1, -0.05) is 30.3 Å². The summed E-state index contributed by atoms with van der Waals surface area (Å²) >= 11 is 1.49. The van der Waals surface area contributed by atoms with Gasteiger partial charge in [-0.3, -0.25) is 4.79 Å². The minimum absolute atomic E-state index is 0.134. The van der Waals surface area contributed by atoms with Crippen LogP contribution in [0.3, 0.4) is 0 Å². The third-order valence-electron chi connectivity index (χ3n) is 4.61. The Hall–Kier alpha value is -1.85. The van der Waals surface area contributed by atoms with Crippen molar-refractivity contribution >= 4 is 17.7 Å². The first kappa shape index (κ1) is 18.0. The summed E-state index contributed by atoms with van der Waals surface area (Å²) in [5.74, 6) is -0.129. The highest BCUT2D eigenvalue weighted by molar-refractivity contribution is 8.00. The van der Waals surface area contributed by atoms with Gasteiger partial charge in [-0.15, -0.1) is 11.8 Å². The second kappa shape index (κ2) is 8.50. The number of amides is 1. The monoisotopic (exact) mass is 358 g/mol. The summed E-state index contributed by atoms with van der Waals surface area (Å²) in [7, 11) is 1.97. The summed E-state index contributed by atoms with van der Waals surface area (Å²) in [6, 6.07) is 16.7. The number of carbonyl (C=O) groups excluding carboxylic acids is 1. The molecule has 0 spiro atoms. The van der Waals surface area contributed by atoms with Crippen LogP contribution in [-0.2, 0) is 4.79 Å². The zero-order chi connectivity index (χ0) is 17.6. The Labute approximate surface area is 152 Å². The molecule has 0 aliphatic carbocycles. The lowest BCUT2D eigenvalue weighted by atomic mass is 10.0. The number of likely N-dealkylation sites (tertiary alicyclic amines) is 1. The van der Waals surface area contributed by atoms with E-state index in [1.807, 2.05) is 42.3 Å². The van der Waals surface area contributed by atoms with E-state index in [1.54, 1.807) is 12.1 Å². The Kier molecular flexibility index (Phi) is 6.10. The van der Waals surface area contributed by atoms with Crippen LogP contribution in [0.15, 0.2) is 59.5 Å². The number of hydrogen-bond acceptors (Lipinski definition) is 3. The molecule has 0 radical (unpaired) electrons. The summed E-state index contributed by atoms with van der Waals surface area (Å²) in [6.07, 6.45) is 1.95. The molecule has 1 heterocycles. The number of benzene rings is 2. The number of nitrogens with zero attached hydrogens (tertiary/aromatic N) is 1. The predicted molar refractivity (Wildman–Crippen MR) is 100 cm³/mol. The third-order valence-corrected chi connectivity index (χ3v) is 5.86. The second-order valence-electron chi connectivity index (χ2n) is 6.25. The van der Waals surface area contributed by atoms with Gasteiger partial charge in [0.1, 0.15) is 11.1 Å². The first-order valence-corrected chi connectivity index (χ1v) is 9.48. The molecule has 1 amide bonds. The molecule has 132 valence electrons. The van der Waals surface area contributed by atoms with Gasteiger partial charge in [0.2, 0.25) is 5.91 Å². The fourth-order valence-electron chi connectivity index (χ4n) is 3.09. The number of nitrogens with one attached hydrogen (secondary N) is 1. The molecule has 5 heteroatoms. The average molecular weight is 358 g/mol. The molecule has 3 nitrogen and oxygen atoms in total. The molecular formula is C20H23FN2OS.